The smallest absolute Gasteiger partial charge is 0.259 e. The number of methoxy groups -OCH3 is 1. The number of amides is 1. The maximum Gasteiger partial charge on any atom is 0.259 e. The third kappa shape index (κ3) is 2.62. The standard InChI is InChI=1S/C16H16N2O2S/c1-20-9-8-18-13-7-6-11(17)10-15(13)21-14-5-3-2-4-12(14)16(18)19/h2-7,10H,8-9,17H2,1H3. The zero-order valence-corrected chi connectivity index (χ0v) is 12.5. The molecule has 2 aromatic carbocycles. The molecule has 108 valence electrons. The minimum Gasteiger partial charge on any atom is -0.399 e. The lowest BCUT2D eigenvalue weighted by atomic mass is 10.1. The summed E-state index contributed by atoms with van der Waals surface area (Å²) in [6, 6.07) is 13.3. The summed E-state index contributed by atoms with van der Waals surface area (Å²) in [5, 5.41) is 0. The van der Waals surface area contributed by atoms with Gasteiger partial charge in [-0.3, -0.25) is 4.79 Å². The highest BCUT2D eigenvalue weighted by Crippen LogP contribution is 2.41. The highest BCUT2D eigenvalue weighted by atomic mass is 32.2. The number of hydrogen-bond donors (Lipinski definition) is 1. The largest absolute Gasteiger partial charge is 0.399 e. The molecule has 5 heteroatoms. The lowest BCUT2D eigenvalue weighted by molar-refractivity contribution is 0.0973. The molecule has 0 aliphatic carbocycles. The van der Waals surface area contributed by atoms with Crippen molar-refractivity contribution >= 4 is 29.0 Å². The molecule has 0 atom stereocenters. The van der Waals surface area contributed by atoms with Crippen molar-refractivity contribution in [3.05, 3.63) is 48.0 Å². The quantitative estimate of drug-likeness (QED) is 0.885. The number of rotatable bonds is 3. The van der Waals surface area contributed by atoms with Crippen LogP contribution in [0, 0.1) is 0 Å². The molecule has 0 unspecified atom stereocenters. The maximum absolute atomic E-state index is 12.8. The molecule has 0 bridgehead atoms. The fraction of sp³-hybridized carbons (Fsp3) is 0.188. The molecule has 4 nitrogen and oxygen atoms in total. The molecule has 1 heterocycles. The van der Waals surface area contributed by atoms with Gasteiger partial charge >= 0.3 is 0 Å². The predicted molar refractivity (Wildman–Crippen MR) is 85.0 cm³/mol. The summed E-state index contributed by atoms with van der Waals surface area (Å²) in [5.41, 5.74) is 8.18. The van der Waals surface area contributed by atoms with Crippen LogP contribution in [0.5, 0.6) is 0 Å². The third-order valence-electron chi connectivity index (χ3n) is 3.38. The van der Waals surface area contributed by atoms with Gasteiger partial charge in [0.2, 0.25) is 0 Å². The normalized spacial score (nSPS) is 13.6. The fourth-order valence-corrected chi connectivity index (χ4v) is 3.47. The van der Waals surface area contributed by atoms with E-state index in [1.54, 1.807) is 23.8 Å². The Morgan fingerprint density at radius 2 is 2.00 bits per heavy atom. The summed E-state index contributed by atoms with van der Waals surface area (Å²) in [6.07, 6.45) is 0. The molecule has 0 aromatic heterocycles. The summed E-state index contributed by atoms with van der Waals surface area (Å²) in [6.45, 7) is 1.00. The first-order valence-corrected chi connectivity index (χ1v) is 7.49. The van der Waals surface area contributed by atoms with Gasteiger partial charge in [-0.1, -0.05) is 23.9 Å². The molecular weight excluding hydrogens is 284 g/mol. The number of ether oxygens (including phenoxy) is 1. The lowest BCUT2D eigenvalue weighted by Gasteiger charge is -2.22. The fourth-order valence-electron chi connectivity index (χ4n) is 2.35. The Bertz CT molecular complexity index is 688. The highest BCUT2D eigenvalue weighted by Gasteiger charge is 2.26. The van der Waals surface area contributed by atoms with Crippen LogP contribution in [0.1, 0.15) is 10.4 Å². The Morgan fingerprint density at radius 3 is 2.81 bits per heavy atom. The van der Waals surface area contributed by atoms with Crippen LogP contribution in [0.2, 0.25) is 0 Å². The van der Waals surface area contributed by atoms with Gasteiger partial charge in [0.05, 0.1) is 17.9 Å². The van der Waals surface area contributed by atoms with Gasteiger partial charge < -0.3 is 15.4 Å². The molecule has 0 spiro atoms. The van der Waals surface area contributed by atoms with E-state index < -0.39 is 0 Å². The molecule has 2 aromatic rings. The van der Waals surface area contributed by atoms with E-state index in [9.17, 15) is 4.79 Å². The van der Waals surface area contributed by atoms with Gasteiger partial charge in [0.15, 0.2) is 0 Å². The Hall–Kier alpha value is -1.98. The van der Waals surface area contributed by atoms with Crippen LogP contribution in [0.25, 0.3) is 0 Å². The first kappa shape index (κ1) is 14.0. The Balaban J connectivity index is 2.13. The second-order valence-electron chi connectivity index (χ2n) is 4.77. The van der Waals surface area contributed by atoms with Crippen LogP contribution in [-0.4, -0.2) is 26.2 Å². The van der Waals surface area contributed by atoms with Crippen molar-refractivity contribution in [1.29, 1.82) is 0 Å². The van der Waals surface area contributed by atoms with Crippen LogP contribution in [0.4, 0.5) is 11.4 Å². The molecular formula is C16H16N2O2S. The molecule has 21 heavy (non-hydrogen) atoms. The first-order valence-electron chi connectivity index (χ1n) is 6.68. The molecule has 2 N–H and O–H groups in total. The van der Waals surface area contributed by atoms with Crippen molar-refractivity contribution < 1.29 is 9.53 Å². The first-order chi connectivity index (χ1) is 10.2. The van der Waals surface area contributed by atoms with E-state index in [4.69, 9.17) is 10.5 Å². The number of carbonyl (C=O) groups excluding carboxylic acids is 1. The van der Waals surface area contributed by atoms with Crippen LogP contribution in [0.3, 0.4) is 0 Å². The summed E-state index contributed by atoms with van der Waals surface area (Å²) in [4.78, 5) is 16.5. The molecule has 1 amide bonds. The number of nitrogens with two attached hydrogens (primary N) is 1. The lowest BCUT2D eigenvalue weighted by Crippen LogP contribution is -2.33. The van der Waals surface area contributed by atoms with Crippen LogP contribution < -0.4 is 10.6 Å². The number of carbonyl (C=O) groups is 1. The summed E-state index contributed by atoms with van der Waals surface area (Å²) in [7, 11) is 1.63. The predicted octanol–water partition coefficient (Wildman–Crippen LogP) is 3.03. The van der Waals surface area contributed by atoms with Crippen molar-refractivity contribution in [3.63, 3.8) is 0 Å². The van der Waals surface area contributed by atoms with Crippen molar-refractivity contribution in [1.82, 2.24) is 0 Å². The topological polar surface area (TPSA) is 55.6 Å². The summed E-state index contributed by atoms with van der Waals surface area (Å²) >= 11 is 1.58. The SMILES string of the molecule is COCCN1C(=O)c2ccccc2Sc2cc(N)ccc21. The van der Waals surface area contributed by atoms with Crippen LogP contribution in [0.15, 0.2) is 52.3 Å². The van der Waals surface area contributed by atoms with Crippen molar-refractivity contribution in [3.8, 4) is 0 Å². The number of hydrogen-bond acceptors (Lipinski definition) is 4. The Labute approximate surface area is 127 Å². The Morgan fingerprint density at radius 1 is 1.19 bits per heavy atom. The average Bonchev–Trinajstić information content (AvgIpc) is 2.60. The summed E-state index contributed by atoms with van der Waals surface area (Å²) < 4.78 is 5.14. The van der Waals surface area contributed by atoms with E-state index >= 15 is 0 Å². The molecule has 0 saturated heterocycles. The zero-order chi connectivity index (χ0) is 14.8. The molecule has 3 rings (SSSR count). The van der Waals surface area contributed by atoms with E-state index in [-0.39, 0.29) is 5.91 Å². The van der Waals surface area contributed by atoms with E-state index in [0.717, 1.165) is 15.5 Å². The second-order valence-corrected chi connectivity index (χ2v) is 5.86. The minimum atomic E-state index is -0.00123. The molecule has 0 radical (unpaired) electrons. The number of nitrogen functional groups attached to an aromatic ring is 1. The zero-order valence-electron chi connectivity index (χ0n) is 11.7. The van der Waals surface area contributed by atoms with Gasteiger partial charge in [-0.2, -0.15) is 0 Å². The number of nitrogens with zero attached hydrogens (tertiary/aromatic N) is 1. The van der Waals surface area contributed by atoms with Gasteiger partial charge in [0, 0.05) is 29.1 Å². The van der Waals surface area contributed by atoms with Crippen molar-refractivity contribution in [2.24, 2.45) is 0 Å². The van der Waals surface area contributed by atoms with E-state index in [0.29, 0.717) is 24.4 Å². The van der Waals surface area contributed by atoms with Crippen LogP contribution >= 0.6 is 11.8 Å². The van der Waals surface area contributed by atoms with Gasteiger partial charge in [-0.05, 0) is 30.3 Å². The highest BCUT2D eigenvalue weighted by molar-refractivity contribution is 7.99. The van der Waals surface area contributed by atoms with Crippen molar-refractivity contribution in [2.45, 2.75) is 9.79 Å². The molecule has 0 fully saturated rings. The maximum atomic E-state index is 12.8. The van der Waals surface area contributed by atoms with E-state index in [1.165, 1.54) is 0 Å². The molecule has 0 saturated carbocycles. The van der Waals surface area contributed by atoms with E-state index in [2.05, 4.69) is 0 Å². The molecule has 1 aliphatic rings. The van der Waals surface area contributed by atoms with Gasteiger partial charge in [0.25, 0.3) is 5.91 Å². The second kappa shape index (κ2) is 5.79. The van der Waals surface area contributed by atoms with Gasteiger partial charge in [-0.25, -0.2) is 0 Å². The minimum absolute atomic E-state index is 0.00123. The average molecular weight is 300 g/mol. The molecule has 1 aliphatic heterocycles. The number of benzene rings is 2. The van der Waals surface area contributed by atoms with Gasteiger partial charge in [0.1, 0.15) is 0 Å². The Kier molecular flexibility index (Phi) is 3.86. The van der Waals surface area contributed by atoms with Crippen molar-refractivity contribution in [2.75, 3.05) is 30.9 Å². The van der Waals surface area contributed by atoms with Gasteiger partial charge in [-0.15, -0.1) is 0 Å². The third-order valence-corrected chi connectivity index (χ3v) is 4.50. The van der Waals surface area contributed by atoms with E-state index in [1.807, 2.05) is 42.5 Å². The monoisotopic (exact) mass is 300 g/mol. The summed E-state index contributed by atoms with van der Waals surface area (Å²) in [5.74, 6) is -0.00123. The number of fused-ring (bicyclic) bond motifs is 2. The van der Waals surface area contributed by atoms with Crippen LogP contribution in [-0.2, 0) is 4.74 Å². The number of anilines is 2.